The Bertz CT molecular complexity index is 447. The highest BCUT2D eigenvalue weighted by Crippen LogP contribution is 2.18. The van der Waals surface area contributed by atoms with Crippen LogP contribution in [-0.4, -0.2) is 19.0 Å². The summed E-state index contributed by atoms with van der Waals surface area (Å²) in [6.07, 6.45) is 0. The zero-order valence-corrected chi connectivity index (χ0v) is 9.73. The summed E-state index contributed by atoms with van der Waals surface area (Å²) in [6.45, 7) is 3.71. The third kappa shape index (κ3) is 2.63. The number of nitriles is 1. The van der Waals surface area contributed by atoms with Crippen LogP contribution >= 0.6 is 0 Å². The van der Waals surface area contributed by atoms with Gasteiger partial charge in [0.15, 0.2) is 0 Å². The van der Waals surface area contributed by atoms with Crippen molar-refractivity contribution in [3.63, 3.8) is 0 Å². The number of hydrogen-bond donors (Lipinski definition) is 2. The van der Waals surface area contributed by atoms with Crippen molar-refractivity contribution in [2.75, 3.05) is 18.4 Å². The van der Waals surface area contributed by atoms with Crippen LogP contribution in [0.2, 0.25) is 0 Å². The molecule has 1 heterocycles. The zero-order valence-electron chi connectivity index (χ0n) is 9.73. The summed E-state index contributed by atoms with van der Waals surface area (Å²) < 4.78 is 0. The molecule has 4 heteroatoms. The minimum Gasteiger partial charge on any atom is -0.326 e. The van der Waals surface area contributed by atoms with Gasteiger partial charge in [0.25, 0.3) is 0 Å². The topological polar surface area (TPSA) is 64.9 Å². The second-order valence-electron chi connectivity index (χ2n) is 4.42. The quantitative estimate of drug-likeness (QED) is 0.804. The second kappa shape index (κ2) is 4.98. The molecule has 0 radical (unpaired) electrons. The Labute approximate surface area is 101 Å². The van der Waals surface area contributed by atoms with Crippen molar-refractivity contribution in [1.82, 2.24) is 5.32 Å². The number of benzene rings is 1. The third-order valence-electron chi connectivity index (χ3n) is 3.14. The number of carbonyl (C=O) groups excluding carboxylic acids is 1. The lowest BCUT2D eigenvalue weighted by molar-refractivity contribution is -0.120. The predicted octanol–water partition coefficient (Wildman–Crippen LogP) is 1.35. The van der Waals surface area contributed by atoms with Crippen molar-refractivity contribution >= 4 is 11.6 Å². The van der Waals surface area contributed by atoms with Crippen molar-refractivity contribution in [2.45, 2.75) is 6.92 Å². The highest BCUT2D eigenvalue weighted by atomic mass is 16.1. The van der Waals surface area contributed by atoms with Gasteiger partial charge in [-0.05, 0) is 36.7 Å². The van der Waals surface area contributed by atoms with Crippen LogP contribution in [0.15, 0.2) is 24.3 Å². The van der Waals surface area contributed by atoms with Crippen LogP contribution in [0.5, 0.6) is 0 Å². The van der Waals surface area contributed by atoms with E-state index in [0.29, 0.717) is 11.5 Å². The molecule has 1 aliphatic heterocycles. The third-order valence-corrected chi connectivity index (χ3v) is 3.14. The van der Waals surface area contributed by atoms with Crippen molar-refractivity contribution in [3.05, 3.63) is 29.8 Å². The predicted molar refractivity (Wildman–Crippen MR) is 65.3 cm³/mol. The monoisotopic (exact) mass is 229 g/mol. The Hall–Kier alpha value is -1.86. The van der Waals surface area contributed by atoms with E-state index in [9.17, 15) is 4.79 Å². The van der Waals surface area contributed by atoms with Gasteiger partial charge in [-0.15, -0.1) is 0 Å². The molecule has 17 heavy (non-hydrogen) atoms. The van der Waals surface area contributed by atoms with Crippen LogP contribution in [0.1, 0.15) is 12.5 Å². The van der Waals surface area contributed by atoms with Gasteiger partial charge >= 0.3 is 0 Å². The molecule has 0 aromatic heterocycles. The summed E-state index contributed by atoms with van der Waals surface area (Å²) in [4.78, 5) is 12.0. The molecule has 1 aromatic carbocycles. The number of carbonyl (C=O) groups is 1. The first kappa shape index (κ1) is 11.6. The average Bonchev–Trinajstić information content (AvgIpc) is 2.76. The Kier molecular flexibility index (Phi) is 3.40. The molecule has 0 unspecified atom stereocenters. The first-order valence-electron chi connectivity index (χ1n) is 5.72. The van der Waals surface area contributed by atoms with E-state index in [1.807, 2.05) is 6.07 Å². The van der Waals surface area contributed by atoms with Crippen LogP contribution in [0.4, 0.5) is 5.69 Å². The molecular formula is C13H15N3O. The van der Waals surface area contributed by atoms with Gasteiger partial charge in [0, 0.05) is 12.2 Å². The smallest absolute Gasteiger partial charge is 0.229 e. The maximum absolute atomic E-state index is 12.0. The molecule has 0 saturated carbocycles. The Morgan fingerprint density at radius 1 is 1.41 bits per heavy atom. The van der Waals surface area contributed by atoms with Crippen LogP contribution in [0.25, 0.3) is 0 Å². The highest BCUT2D eigenvalue weighted by molar-refractivity contribution is 5.93. The summed E-state index contributed by atoms with van der Waals surface area (Å²) >= 11 is 0. The molecule has 1 fully saturated rings. The maximum atomic E-state index is 12.0. The summed E-state index contributed by atoms with van der Waals surface area (Å²) in [6, 6.07) is 8.95. The standard InChI is InChI=1S/C13H15N3O/c1-9-7-15-8-12(9)13(17)16-11-4-2-10(6-14)3-5-11/h2-5,9,12,15H,7-8H2,1H3,(H,16,17)/t9-,12-/m1/s1. The summed E-state index contributed by atoms with van der Waals surface area (Å²) in [5.74, 6) is 0.450. The number of anilines is 1. The minimum absolute atomic E-state index is 0.0330. The lowest BCUT2D eigenvalue weighted by atomic mass is 9.97. The van der Waals surface area contributed by atoms with Gasteiger partial charge in [0.1, 0.15) is 0 Å². The van der Waals surface area contributed by atoms with E-state index in [2.05, 4.69) is 17.6 Å². The van der Waals surface area contributed by atoms with Gasteiger partial charge in [-0.1, -0.05) is 6.92 Å². The van der Waals surface area contributed by atoms with Crippen LogP contribution in [0, 0.1) is 23.2 Å². The Balaban J connectivity index is 2.00. The van der Waals surface area contributed by atoms with E-state index in [1.54, 1.807) is 24.3 Å². The van der Waals surface area contributed by atoms with E-state index in [4.69, 9.17) is 5.26 Å². The molecule has 2 rings (SSSR count). The zero-order chi connectivity index (χ0) is 12.3. The van der Waals surface area contributed by atoms with E-state index >= 15 is 0 Å². The van der Waals surface area contributed by atoms with Gasteiger partial charge in [0.2, 0.25) is 5.91 Å². The molecule has 0 bridgehead atoms. The molecular weight excluding hydrogens is 214 g/mol. The Morgan fingerprint density at radius 3 is 2.65 bits per heavy atom. The largest absolute Gasteiger partial charge is 0.326 e. The van der Waals surface area contributed by atoms with Gasteiger partial charge < -0.3 is 10.6 Å². The first-order valence-corrected chi connectivity index (χ1v) is 5.72. The number of rotatable bonds is 2. The number of hydrogen-bond acceptors (Lipinski definition) is 3. The Morgan fingerprint density at radius 2 is 2.12 bits per heavy atom. The molecule has 0 spiro atoms. The van der Waals surface area contributed by atoms with Crippen LogP contribution < -0.4 is 10.6 Å². The van der Waals surface area contributed by atoms with Gasteiger partial charge in [-0.25, -0.2) is 0 Å². The SMILES string of the molecule is C[C@@H]1CNC[C@H]1C(=O)Nc1ccc(C#N)cc1. The lowest BCUT2D eigenvalue weighted by Crippen LogP contribution is -2.27. The minimum atomic E-state index is 0.0330. The van der Waals surface area contributed by atoms with E-state index in [-0.39, 0.29) is 11.8 Å². The molecule has 1 amide bonds. The molecule has 1 saturated heterocycles. The summed E-state index contributed by atoms with van der Waals surface area (Å²) in [5.41, 5.74) is 1.34. The average molecular weight is 229 g/mol. The fraction of sp³-hybridized carbons (Fsp3) is 0.385. The first-order chi connectivity index (χ1) is 8.20. The van der Waals surface area contributed by atoms with Crippen LogP contribution in [-0.2, 0) is 4.79 Å². The molecule has 2 atom stereocenters. The van der Waals surface area contributed by atoms with Crippen molar-refractivity contribution in [1.29, 1.82) is 5.26 Å². The molecule has 1 aromatic rings. The van der Waals surface area contributed by atoms with Gasteiger partial charge in [-0.3, -0.25) is 4.79 Å². The second-order valence-corrected chi connectivity index (χ2v) is 4.42. The number of nitrogens with one attached hydrogen (secondary N) is 2. The maximum Gasteiger partial charge on any atom is 0.229 e. The van der Waals surface area contributed by atoms with Gasteiger partial charge in [-0.2, -0.15) is 5.26 Å². The van der Waals surface area contributed by atoms with Gasteiger partial charge in [0.05, 0.1) is 17.6 Å². The molecule has 4 nitrogen and oxygen atoms in total. The lowest BCUT2D eigenvalue weighted by Gasteiger charge is -2.14. The number of amides is 1. The van der Waals surface area contributed by atoms with Crippen molar-refractivity contribution in [3.8, 4) is 6.07 Å². The molecule has 1 aliphatic rings. The van der Waals surface area contributed by atoms with E-state index in [0.717, 1.165) is 18.8 Å². The number of nitrogens with zero attached hydrogens (tertiary/aromatic N) is 1. The summed E-state index contributed by atoms with van der Waals surface area (Å²) in [7, 11) is 0. The fourth-order valence-electron chi connectivity index (χ4n) is 2.02. The molecule has 0 aliphatic carbocycles. The fourth-order valence-corrected chi connectivity index (χ4v) is 2.02. The molecule has 88 valence electrons. The van der Waals surface area contributed by atoms with E-state index in [1.165, 1.54) is 0 Å². The van der Waals surface area contributed by atoms with Crippen molar-refractivity contribution < 1.29 is 4.79 Å². The summed E-state index contributed by atoms with van der Waals surface area (Å²) in [5, 5.41) is 14.8. The highest BCUT2D eigenvalue weighted by Gasteiger charge is 2.29. The normalized spacial score (nSPS) is 23.1. The van der Waals surface area contributed by atoms with E-state index < -0.39 is 0 Å². The van der Waals surface area contributed by atoms with Crippen molar-refractivity contribution in [2.24, 2.45) is 11.8 Å². The van der Waals surface area contributed by atoms with Crippen LogP contribution in [0.3, 0.4) is 0 Å². The molecule has 2 N–H and O–H groups in total.